The van der Waals surface area contributed by atoms with Gasteiger partial charge in [-0.25, -0.2) is 4.98 Å². The molecule has 4 heterocycles. The largest absolute Gasteiger partial charge is 0.379 e. The molecule has 6 rings (SSSR count). The minimum absolute atomic E-state index is 0.0640. The molecule has 2 aromatic heterocycles. The summed E-state index contributed by atoms with van der Waals surface area (Å²) < 4.78 is 5.49. The number of aromatic nitrogens is 2. The van der Waals surface area contributed by atoms with Crippen LogP contribution in [0.4, 0.5) is 5.69 Å². The van der Waals surface area contributed by atoms with Crippen LogP contribution in [0.15, 0.2) is 42.5 Å². The number of benzene rings is 1. The molecule has 9 heteroatoms. The van der Waals surface area contributed by atoms with Gasteiger partial charge in [0.25, 0.3) is 5.91 Å². The van der Waals surface area contributed by atoms with Crippen LogP contribution in [0.5, 0.6) is 0 Å². The van der Waals surface area contributed by atoms with Crippen LogP contribution < -0.4 is 10.2 Å². The number of rotatable bonds is 7. The van der Waals surface area contributed by atoms with Gasteiger partial charge < -0.3 is 19.9 Å². The number of nitrogens with zero attached hydrogens (tertiary/aromatic N) is 3. The fourth-order valence-corrected chi connectivity index (χ4v) is 5.63. The molecule has 1 saturated carbocycles. The van der Waals surface area contributed by atoms with E-state index in [0.717, 1.165) is 44.1 Å². The van der Waals surface area contributed by atoms with Gasteiger partial charge >= 0.3 is 0 Å². The van der Waals surface area contributed by atoms with Crippen molar-refractivity contribution in [1.82, 2.24) is 20.2 Å². The Morgan fingerprint density at radius 2 is 1.94 bits per heavy atom. The van der Waals surface area contributed by atoms with E-state index in [0.29, 0.717) is 35.9 Å². The molecule has 2 saturated heterocycles. The number of H-pyrrole nitrogens is 1. The number of carbonyl (C=O) groups is 2. The number of aromatic amines is 1. The van der Waals surface area contributed by atoms with Gasteiger partial charge in [-0.2, -0.15) is 0 Å². The van der Waals surface area contributed by atoms with Crippen LogP contribution >= 0.6 is 11.6 Å². The first-order valence-electron chi connectivity index (χ1n) is 12.6. The third kappa shape index (κ3) is 4.73. The minimum Gasteiger partial charge on any atom is -0.379 e. The SMILES string of the molecule is O=C(NCC1CC(=O)N(c2ccc(C3(CN4CCOCC4)CC3)cc2)C1)c1cc2nc(Cl)ccc2[nH]1. The van der Waals surface area contributed by atoms with Gasteiger partial charge in [0, 0.05) is 56.2 Å². The molecule has 3 fully saturated rings. The maximum absolute atomic E-state index is 12.8. The molecule has 1 aromatic carbocycles. The van der Waals surface area contributed by atoms with Gasteiger partial charge in [0.2, 0.25) is 5.91 Å². The third-order valence-corrected chi connectivity index (χ3v) is 7.93. The second kappa shape index (κ2) is 9.50. The maximum Gasteiger partial charge on any atom is 0.267 e. The molecular weight excluding hydrogens is 478 g/mol. The van der Waals surface area contributed by atoms with Crippen LogP contribution in [-0.4, -0.2) is 72.6 Å². The molecule has 0 spiro atoms. The molecule has 0 bridgehead atoms. The van der Waals surface area contributed by atoms with Crippen molar-refractivity contribution in [2.75, 3.05) is 50.8 Å². The fraction of sp³-hybridized carbons (Fsp3) is 0.444. The van der Waals surface area contributed by atoms with Crippen LogP contribution in [-0.2, 0) is 14.9 Å². The lowest BCUT2D eigenvalue weighted by atomic mass is 9.94. The lowest BCUT2D eigenvalue weighted by molar-refractivity contribution is -0.117. The highest BCUT2D eigenvalue weighted by atomic mass is 35.5. The monoisotopic (exact) mass is 507 g/mol. The Kier molecular flexibility index (Phi) is 6.19. The number of nitrogens with one attached hydrogen (secondary N) is 2. The number of carbonyl (C=O) groups excluding carboxylic acids is 2. The summed E-state index contributed by atoms with van der Waals surface area (Å²) in [4.78, 5) is 37.1. The molecule has 1 aliphatic carbocycles. The number of morpholine rings is 1. The van der Waals surface area contributed by atoms with Crippen LogP contribution in [0, 0.1) is 5.92 Å². The number of fused-ring (bicyclic) bond motifs is 1. The molecule has 2 aliphatic heterocycles. The molecule has 1 atom stereocenters. The molecule has 3 aliphatic rings. The first-order valence-corrected chi connectivity index (χ1v) is 13.0. The molecule has 188 valence electrons. The highest BCUT2D eigenvalue weighted by Crippen LogP contribution is 2.49. The topological polar surface area (TPSA) is 90.6 Å². The summed E-state index contributed by atoms with van der Waals surface area (Å²) in [6, 6.07) is 13.7. The predicted octanol–water partition coefficient (Wildman–Crippen LogP) is 3.36. The second-order valence-corrected chi connectivity index (χ2v) is 10.6. The first-order chi connectivity index (χ1) is 17.5. The van der Waals surface area contributed by atoms with Crippen molar-refractivity contribution in [2.45, 2.75) is 24.7 Å². The average Bonchev–Trinajstić information content (AvgIpc) is 3.38. The highest BCUT2D eigenvalue weighted by Gasteiger charge is 2.45. The maximum atomic E-state index is 12.8. The zero-order valence-corrected chi connectivity index (χ0v) is 20.9. The molecule has 3 aromatic rings. The van der Waals surface area contributed by atoms with E-state index in [1.807, 2.05) is 4.90 Å². The van der Waals surface area contributed by atoms with Gasteiger partial charge in [0.15, 0.2) is 0 Å². The summed E-state index contributed by atoms with van der Waals surface area (Å²) in [5.41, 5.74) is 4.38. The van der Waals surface area contributed by atoms with Crippen LogP contribution in [0.1, 0.15) is 35.3 Å². The van der Waals surface area contributed by atoms with E-state index in [2.05, 4.69) is 44.5 Å². The lowest BCUT2D eigenvalue weighted by Crippen LogP contribution is -2.41. The lowest BCUT2D eigenvalue weighted by Gasteiger charge is -2.31. The van der Waals surface area contributed by atoms with Crippen molar-refractivity contribution in [3.63, 3.8) is 0 Å². The van der Waals surface area contributed by atoms with Crippen LogP contribution in [0.2, 0.25) is 5.15 Å². The van der Waals surface area contributed by atoms with Gasteiger partial charge in [0.05, 0.1) is 24.2 Å². The molecule has 2 N–H and O–H groups in total. The predicted molar refractivity (Wildman–Crippen MR) is 139 cm³/mol. The Hall–Kier alpha value is -2.94. The second-order valence-electron chi connectivity index (χ2n) is 10.3. The standard InChI is InChI=1S/C27H30ClN5O3/c28-24-6-5-21-22(31-24)14-23(30-21)26(35)29-15-18-13-25(34)33(16-18)20-3-1-19(2-4-20)27(7-8-27)17-32-9-11-36-12-10-32/h1-6,14,18,30H,7-13,15-17H2,(H,29,35). The van der Waals surface area contributed by atoms with Crippen molar-refractivity contribution in [3.05, 3.63) is 58.9 Å². The molecule has 0 radical (unpaired) electrons. The summed E-state index contributed by atoms with van der Waals surface area (Å²) >= 11 is 5.94. The number of hydrogen-bond acceptors (Lipinski definition) is 5. The Bertz CT molecular complexity index is 1280. The molecule has 1 unspecified atom stereocenters. The Morgan fingerprint density at radius 1 is 1.17 bits per heavy atom. The van der Waals surface area contributed by atoms with Crippen molar-refractivity contribution >= 4 is 40.1 Å². The van der Waals surface area contributed by atoms with Gasteiger partial charge in [0.1, 0.15) is 10.8 Å². The van der Waals surface area contributed by atoms with Gasteiger partial charge in [-0.1, -0.05) is 23.7 Å². The Morgan fingerprint density at radius 3 is 2.69 bits per heavy atom. The number of pyridine rings is 1. The molecule has 8 nitrogen and oxygen atoms in total. The summed E-state index contributed by atoms with van der Waals surface area (Å²) in [6.45, 7) is 5.77. The normalized spacial score (nSPS) is 21.8. The summed E-state index contributed by atoms with van der Waals surface area (Å²) in [5.74, 6) is -0.0514. The van der Waals surface area contributed by atoms with E-state index < -0.39 is 0 Å². The number of anilines is 1. The van der Waals surface area contributed by atoms with Gasteiger partial charge in [-0.15, -0.1) is 0 Å². The smallest absolute Gasteiger partial charge is 0.267 e. The summed E-state index contributed by atoms with van der Waals surface area (Å²) in [7, 11) is 0. The quantitative estimate of drug-likeness (QED) is 0.478. The number of ether oxygens (including phenoxy) is 1. The third-order valence-electron chi connectivity index (χ3n) is 7.72. The zero-order valence-electron chi connectivity index (χ0n) is 20.1. The number of halogens is 1. The van der Waals surface area contributed by atoms with E-state index in [-0.39, 0.29) is 23.1 Å². The van der Waals surface area contributed by atoms with Crippen molar-refractivity contribution < 1.29 is 14.3 Å². The minimum atomic E-state index is -0.214. The average molecular weight is 508 g/mol. The summed E-state index contributed by atoms with van der Waals surface area (Å²) in [6.07, 6.45) is 2.86. The molecule has 36 heavy (non-hydrogen) atoms. The van der Waals surface area contributed by atoms with E-state index in [9.17, 15) is 9.59 Å². The highest BCUT2D eigenvalue weighted by molar-refractivity contribution is 6.29. The van der Waals surface area contributed by atoms with Crippen molar-refractivity contribution in [1.29, 1.82) is 0 Å². The van der Waals surface area contributed by atoms with Gasteiger partial charge in [-0.05, 0) is 48.7 Å². The Labute approximate surface area is 215 Å². The van der Waals surface area contributed by atoms with Gasteiger partial charge in [-0.3, -0.25) is 14.5 Å². The van der Waals surface area contributed by atoms with E-state index in [4.69, 9.17) is 16.3 Å². The number of amides is 2. The fourth-order valence-electron chi connectivity index (χ4n) is 5.48. The molecular formula is C27H30ClN5O3. The molecule has 2 amide bonds. The van der Waals surface area contributed by atoms with Crippen molar-refractivity contribution in [3.8, 4) is 0 Å². The Balaban J connectivity index is 1.05. The van der Waals surface area contributed by atoms with Crippen molar-refractivity contribution in [2.24, 2.45) is 5.92 Å². The van der Waals surface area contributed by atoms with Crippen LogP contribution in [0.3, 0.4) is 0 Å². The first kappa shape index (κ1) is 23.5. The van der Waals surface area contributed by atoms with Crippen LogP contribution in [0.25, 0.3) is 11.0 Å². The van der Waals surface area contributed by atoms with E-state index in [1.165, 1.54) is 18.4 Å². The zero-order chi connectivity index (χ0) is 24.7. The van der Waals surface area contributed by atoms with E-state index >= 15 is 0 Å². The van der Waals surface area contributed by atoms with E-state index in [1.54, 1.807) is 18.2 Å². The summed E-state index contributed by atoms with van der Waals surface area (Å²) in [5, 5.41) is 3.35. The number of hydrogen-bond donors (Lipinski definition) is 2.